The van der Waals surface area contributed by atoms with E-state index < -0.39 is 16.2 Å². The molecule has 0 saturated heterocycles. The lowest BCUT2D eigenvalue weighted by Gasteiger charge is -2.29. The first kappa shape index (κ1) is 22.6. The Morgan fingerprint density at radius 1 is 1.29 bits per heavy atom. The lowest BCUT2D eigenvalue weighted by Crippen LogP contribution is -2.43. The Labute approximate surface area is 185 Å². The summed E-state index contributed by atoms with van der Waals surface area (Å²) in [6.07, 6.45) is 0. The molecule has 8 nitrogen and oxygen atoms in total. The van der Waals surface area contributed by atoms with Crippen LogP contribution in [0.4, 0.5) is 17.1 Å². The van der Waals surface area contributed by atoms with E-state index in [0.717, 1.165) is 6.07 Å². The summed E-state index contributed by atoms with van der Waals surface area (Å²) in [5.74, 6) is 0.194. The Kier molecular flexibility index (Phi) is 6.22. The third kappa shape index (κ3) is 4.80. The molecule has 0 spiro atoms. The summed E-state index contributed by atoms with van der Waals surface area (Å²) >= 11 is 5.81. The monoisotopic (exact) mass is 445 g/mol. The fourth-order valence-corrected chi connectivity index (χ4v) is 3.46. The fraction of sp³-hybridized carbons (Fsp3) is 0.364. The number of carbonyl (C=O) groups is 2. The average Bonchev–Trinajstić information content (AvgIpc) is 2.78. The maximum absolute atomic E-state index is 13.0. The molecule has 0 aliphatic carbocycles. The number of nitrogens with zero attached hydrogens (tertiary/aromatic N) is 2. The number of nitro groups is 1. The van der Waals surface area contributed by atoms with E-state index in [2.05, 4.69) is 5.32 Å². The fourth-order valence-electron chi connectivity index (χ4n) is 3.27. The molecule has 164 valence electrons. The highest BCUT2D eigenvalue weighted by molar-refractivity contribution is 6.32. The highest BCUT2D eigenvalue weighted by Crippen LogP contribution is 2.38. The molecule has 1 N–H and O–H groups in total. The van der Waals surface area contributed by atoms with Crippen molar-refractivity contribution < 1.29 is 19.2 Å². The first-order valence-corrected chi connectivity index (χ1v) is 10.2. The van der Waals surface area contributed by atoms with Crippen LogP contribution >= 0.6 is 11.6 Å². The van der Waals surface area contributed by atoms with E-state index in [1.807, 2.05) is 27.7 Å². The van der Waals surface area contributed by atoms with Gasteiger partial charge in [-0.05, 0) is 44.0 Å². The van der Waals surface area contributed by atoms with Crippen LogP contribution < -0.4 is 15.0 Å². The molecular formula is C22H24ClN3O5. The Morgan fingerprint density at radius 3 is 2.65 bits per heavy atom. The molecule has 0 aromatic heterocycles. The quantitative estimate of drug-likeness (QED) is 0.520. The molecule has 1 aliphatic heterocycles. The van der Waals surface area contributed by atoms with Crippen LogP contribution in [0, 0.1) is 21.4 Å². The van der Waals surface area contributed by atoms with Gasteiger partial charge in [-0.3, -0.25) is 19.7 Å². The molecule has 31 heavy (non-hydrogen) atoms. The van der Waals surface area contributed by atoms with Gasteiger partial charge in [0.1, 0.15) is 17.4 Å². The molecule has 2 amide bonds. The van der Waals surface area contributed by atoms with E-state index in [4.69, 9.17) is 16.3 Å². The van der Waals surface area contributed by atoms with Gasteiger partial charge in [-0.25, -0.2) is 0 Å². The minimum Gasteiger partial charge on any atom is -0.490 e. The zero-order valence-corrected chi connectivity index (χ0v) is 18.5. The summed E-state index contributed by atoms with van der Waals surface area (Å²) in [6, 6.07) is 8.91. The van der Waals surface area contributed by atoms with Crippen LogP contribution in [0.5, 0.6) is 5.75 Å². The number of amides is 2. The van der Waals surface area contributed by atoms with Crippen LogP contribution in [0.15, 0.2) is 36.4 Å². The molecule has 2 aromatic carbocycles. The second-order valence-electron chi connectivity index (χ2n) is 8.54. The summed E-state index contributed by atoms with van der Waals surface area (Å²) in [5.41, 5.74) is 0.149. The topological polar surface area (TPSA) is 102 Å². The number of carbonyl (C=O) groups excluding carboxylic acids is 2. The molecule has 0 fully saturated rings. The second-order valence-corrected chi connectivity index (χ2v) is 8.95. The number of hydrogen-bond acceptors (Lipinski definition) is 5. The van der Waals surface area contributed by atoms with Gasteiger partial charge in [0.2, 0.25) is 5.91 Å². The molecule has 9 heteroatoms. The van der Waals surface area contributed by atoms with E-state index in [9.17, 15) is 19.7 Å². The number of halogens is 1. The van der Waals surface area contributed by atoms with E-state index in [-0.39, 0.29) is 34.7 Å². The Balaban J connectivity index is 1.90. The summed E-state index contributed by atoms with van der Waals surface area (Å²) in [7, 11) is 0. The predicted octanol–water partition coefficient (Wildman–Crippen LogP) is 4.91. The van der Waals surface area contributed by atoms with Crippen molar-refractivity contribution in [1.29, 1.82) is 0 Å². The smallest absolute Gasteiger partial charge is 0.288 e. The zero-order valence-electron chi connectivity index (χ0n) is 17.8. The van der Waals surface area contributed by atoms with Gasteiger partial charge in [-0.15, -0.1) is 0 Å². The Hall–Kier alpha value is -3.13. The van der Waals surface area contributed by atoms with E-state index >= 15 is 0 Å². The van der Waals surface area contributed by atoms with Crippen LogP contribution in [-0.4, -0.2) is 29.9 Å². The molecule has 0 saturated carbocycles. The van der Waals surface area contributed by atoms with Gasteiger partial charge >= 0.3 is 0 Å². The zero-order chi connectivity index (χ0) is 22.9. The first-order chi connectivity index (χ1) is 14.5. The summed E-state index contributed by atoms with van der Waals surface area (Å²) < 4.78 is 5.92. The average molecular weight is 446 g/mol. The van der Waals surface area contributed by atoms with Crippen molar-refractivity contribution in [2.24, 2.45) is 11.3 Å². The molecule has 1 aliphatic rings. The largest absolute Gasteiger partial charge is 0.490 e. The van der Waals surface area contributed by atoms with E-state index in [0.29, 0.717) is 23.7 Å². The number of ether oxygens (including phenoxy) is 1. The van der Waals surface area contributed by atoms with Crippen LogP contribution in [0.2, 0.25) is 5.02 Å². The summed E-state index contributed by atoms with van der Waals surface area (Å²) in [4.78, 5) is 37.8. The van der Waals surface area contributed by atoms with Gasteiger partial charge < -0.3 is 15.0 Å². The summed E-state index contributed by atoms with van der Waals surface area (Å²) in [6.45, 7) is 8.49. The normalized spacial score (nSPS) is 15.2. The van der Waals surface area contributed by atoms with Crippen molar-refractivity contribution in [3.8, 4) is 5.75 Å². The van der Waals surface area contributed by atoms with Crippen LogP contribution in [0.25, 0.3) is 0 Å². The molecule has 0 unspecified atom stereocenters. The maximum atomic E-state index is 13.0. The number of benzene rings is 2. The number of hydrogen-bond donors (Lipinski definition) is 1. The number of nitro benzene ring substituents is 1. The van der Waals surface area contributed by atoms with Crippen LogP contribution in [-0.2, 0) is 4.79 Å². The van der Waals surface area contributed by atoms with Crippen molar-refractivity contribution >= 4 is 40.5 Å². The van der Waals surface area contributed by atoms with Gasteiger partial charge in [0.25, 0.3) is 11.6 Å². The predicted molar refractivity (Wildman–Crippen MR) is 119 cm³/mol. The Bertz CT molecular complexity index is 1050. The Morgan fingerprint density at radius 2 is 2.00 bits per heavy atom. The minimum atomic E-state index is -0.695. The standard InChI is InChI=1S/C22H24ClN3O5/c1-13(2)11-25-17-8-6-15(10-19(17)31-12-22(3,4)21(25)28)24-20(27)14-5-7-16(23)18(9-14)26(29)30/h5-10,13H,11-12H2,1-4H3,(H,24,27). The van der Waals surface area contributed by atoms with E-state index in [1.54, 1.807) is 23.1 Å². The molecular weight excluding hydrogens is 422 g/mol. The van der Waals surface area contributed by atoms with Gasteiger partial charge in [-0.1, -0.05) is 25.4 Å². The van der Waals surface area contributed by atoms with Crippen LogP contribution in [0.1, 0.15) is 38.1 Å². The first-order valence-electron chi connectivity index (χ1n) is 9.83. The molecule has 3 rings (SSSR count). The second kappa shape index (κ2) is 8.55. The highest BCUT2D eigenvalue weighted by atomic mass is 35.5. The number of fused-ring (bicyclic) bond motifs is 1. The SMILES string of the molecule is CC(C)CN1C(=O)C(C)(C)COc2cc(NC(=O)c3ccc(Cl)c([N+](=O)[O-])c3)ccc21. The molecule has 0 radical (unpaired) electrons. The number of anilines is 2. The number of rotatable bonds is 5. The third-order valence-corrected chi connectivity index (χ3v) is 5.19. The molecule has 0 atom stereocenters. The van der Waals surface area contributed by atoms with Gasteiger partial charge in [0, 0.05) is 29.9 Å². The minimum absolute atomic E-state index is 0.0230. The molecule has 1 heterocycles. The van der Waals surface area contributed by atoms with Crippen molar-refractivity contribution in [2.45, 2.75) is 27.7 Å². The summed E-state index contributed by atoms with van der Waals surface area (Å²) in [5, 5.41) is 13.7. The van der Waals surface area contributed by atoms with Gasteiger partial charge in [0.15, 0.2) is 0 Å². The lowest BCUT2D eigenvalue weighted by molar-refractivity contribution is -0.384. The maximum Gasteiger partial charge on any atom is 0.288 e. The van der Waals surface area contributed by atoms with Crippen molar-refractivity contribution in [3.63, 3.8) is 0 Å². The van der Waals surface area contributed by atoms with Gasteiger partial charge in [-0.2, -0.15) is 0 Å². The van der Waals surface area contributed by atoms with E-state index in [1.165, 1.54) is 12.1 Å². The van der Waals surface area contributed by atoms with Crippen molar-refractivity contribution in [3.05, 3.63) is 57.1 Å². The van der Waals surface area contributed by atoms with Crippen LogP contribution in [0.3, 0.4) is 0 Å². The van der Waals surface area contributed by atoms with Crippen molar-refractivity contribution in [1.82, 2.24) is 0 Å². The lowest BCUT2D eigenvalue weighted by atomic mass is 9.92. The molecule has 0 bridgehead atoms. The number of nitrogens with one attached hydrogen (secondary N) is 1. The van der Waals surface area contributed by atoms with Crippen molar-refractivity contribution in [2.75, 3.05) is 23.4 Å². The highest BCUT2D eigenvalue weighted by Gasteiger charge is 2.38. The third-order valence-electron chi connectivity index (χ3n) is 4.87. The van der Waals surface area contributed by atoms with Gasteiger partial charge in [0.05, 0.1) is 16.0 Å². The molecule has 2 aromatic rings.